The van der Waals surface area contributed by atoms with Gasteiger partial charge in [0.2, 0.25) is 0 Å². The minimum absolute atomic E-state index is 0.286. The highest BCUT2D eigenvalue weighted by atomic mass is 16.4. The molecule has 0 saturated carbocycles. The van der Waals surface area contributed by atoms with Gasteiger partial charge in [-0.25, -0.2) is 4.79 Å². The SMILES string of the molecule is CC(=O)O.Cc1cc(=O)oc2ccccc12. The summed E-state index contributed by atoms with van der Waals surface area (Å²) >= 11 is 0. The molecule has 1 aromatic carbocycles. The molecular formula is C12H12O4. The highest BCUT2D eigenvalue weighted by Gasteiger charge is 1.98. The molecule has 1 aromatic heterocycles. The van der Waals surface area contributed by atoms with E-state index in [1.165, 1.54) is 6.07 Å². The highest BCUT2D eigenvalue weighted by Crippen LogP contribution is 2.14. The van der Waals surface area contributed by atoms with Crippen molar-refractivity contribution in [2.24, 2.45) is 0 Å². The molecule has 0 bridgehead atoms. The number of benzene rings is 1. The van der Waals surface area contributed by atoms with Crippen LogP contribution in [0.4, 0.5) is 0 Å². The van der Waals surface area contributed by atoms with E-state index in [1.807, 2.05) is 25.1 Å². The minimum Gasteiger partial charge on any atom is -0.481 e. The first-order valence-electron chi connectivity index (χ1n) is 4.69. The van der Waals surface area contributed by atoms with Gasteiger partial charge in [0, 0.05) is 18.4 Å². The van der Waals surface area contributed by atoms with Crippen LogP contribution in [0.2, 0.25) is 0 Å². The van der Waals surface area contributed by atoms with Crippen LogP contribution in [0.25, 0.3) is 11.0 Å². The molecule has 0 unspecified atom stereocenters. The van der Waals surface area contributed by atoms with E-state index < -0.39 is 5.97 Å². The minimum atomic E-state index is -0.833. The number of carboxylic acid groups (broad SMARTS) is 1. The van der Waals surface area contributed by atoms with Crippen molar-refractivity contribution in [2.75, 3.05) is 0 Å². The molecule has 0 aliphatic heterocycles. The van der Waals surface area contributed by atoms with Crippen LogP contribution in [-0.4, -0.2) is 11.1 Å². The van der Waals surface area contributed by atoms with Gasteiger partial charge < -0.3 is 9.52 Å². The van der Waals surface area contributed by atoms with Crippen LogP contribution in [0.3, 0.4) is 0 Å². The standard InChI is InChI=1S/C10H8O2.C2H4O2/c1-7-6-10(11)12-9-5-3-2-4-8(7)9;1-2(3)4/h2-6H,1H3;1H3,(H,3,4). The topological polar surface area (TPSA) is 67.5 Å². The van der Waals surface area contributed by atoms with E-state index in [2.05, 4.69) is 0 Å². The number of hydrogen-bond donors (Lipinski definition) is 1. The van der Waals surface area contributed by atoms with Gasteiger partial charge in [-0.15, -0.1) is 0 Å². The van der Waals surface area contributed by atoms with Gasteiger partial charge in [-0.3, -0.25) is 4.79 Å². The van der Waals surface area contributed by atoms with Gasteiger partial charge in [0.15, 0.2) is 0 Å². The van der Waals surface area contributed by atoms with Crippen molar-refractivity contribution in [1.29, 1.82) is 0 Å². The van der Waals surface area contributed by atoms with Crippen molar-refractivity contribution >= 4 is 16.9 Å². The number of para-hydroxylation sites is 1. The first kappa shape index (κ1) is 12.0. The van der Waals surface area contributed by atoms with Crippen molar-refractivity contribution in [1.82, 2.24) is 0 Å². The molecule has 2 aromatic rings. The lowest BCUT2D eigenvalue weighted by atomic mass is 10.1. The molecule has 4 heteroatoms. The molecule has 4 nitrogen and oxygen atoms in total. The molecule has 16 heavy (non-hydrogen) atoms. The van der Waals surface area contributed by atoms with E-state index in [9.17, 15) is 4.79 Å². The number of rotatable bonds is 0. The Morgan fingerprint density at radius 3 is 2.50 bits per heavy atom. The Kier molecular flexibility index (Phi) is 3.83. The maximum atomic E-state index is 10.9. The smallest absolute Gasteiger partial charge is 0.336 e. The van der Waals surface area contributed by atoms with Crippen molar-refractivity contribution in [2.45, 2.75) is 13.8 Å². The number of carboxylic acids is 1. The summed E-state index contributed by atoms with van der Waals surface area (Å²) in [5.41, 5.74) is 1.33. The summed E-state index contributed by atoms with van der Waals surface area (Å²) in [6, 6.07) is 9.01. The average molecular weight is 220 g/mol. The molecule has 1 heterocycles. The summed E-state index contributed by atoms with van der Waals surface area (Å²) in [4.78, 5) is 19.9. The molecule has 0 amide bonds. The summed E-state index contributed by atoms with van der Waals surface area (Å²) < 4.78 is 4.99. The lowest BCUT2D eigenvalue weighted by molar-refractivity contribution is -0.134. The van der Waals surface area contributed by atoms with E-state index >= 15 is 0 Å². The number of aliphatic carboxylic acids is 1. The van der Waals surface area contributed by atoms with Crippen molar-refractivity contribution in [3.8, 4) is 0 Å². The molecule has 1 N–H and O–H groups in total. The van der Waals surface area contributed by atoms with Crippen LogP contribution in [0.5, 0.6) is 0 Å². The molecular weight excluding hydrogens is 208 g/mol. The molecule has 0 fully saturated rings. The zero-order valence-corrected chi connectivity index (χ0v) is 9.06. The van der Waals surface area contributed by atoms with Gasteiger partial charge in [0.1, 0.15) is 5.58 Å². The normalized spacial score (nSPS) is 9.38. The van der Waals surface area contributed by atoms with Gasteiger partial charge in [-0.1, -0.05) is 18.2 Å². The molecule has 0 saturated heterocycles. The lowest BCUT2D eigenvalue weighted by Crippen LogP contribution is -1.97. The predicted molar refractivity (Wildman–Crippen MR) is 60.5 cm³/mol. The summed E-state index contributed by atoms with van der Waals surface area (Å²) in [6.45, 7) is 2.99. The Hall–Kier alpha value is -2.10. The molecule has 2 rings (SSSR count). The second-order valence-corrected chi connectivity index (χ2v) is 3.26. The van der Waals surface area contributed by atoms with E-state index in [0.29, 0.717) is 5.58 Å². The second-order valence-electron chi connectivity index (χ2n) is 3.26. The fourth-order valence-electron chi connectivity index (χ4n) is 1.27. The van der Waals surface area contributed by atoms with Crippen molar-refractivity contribution in [3.05, 3.63) is 46.3 Å². The third-order valence-corrected chi connectivity index (χ3v) is 1.86. The van der Waals surface area contributed by atoms with Crippen molar-refractivity contribution < 1.29 is 14.3 Å². The van der Waals surface area contributed by atoms with Gasteiger partial charge in [0.25, 0.3) is 5.97 Å². The number of hydrogen-bond acceptors (Lipinski definition) is 3. The largest absolute Gasteiger partial charge is 0.481 e. The summed E-state index contributed by atoms with van der Waals surface area (Å²) in [5.74, 6) is -0.833. The Bertz CT molecular complexity index is 550. The lowest BCUT2D eigenvalue weighted by Gasteiger charge is -1.97. The summed E-state index contributed by atoms with van der Waals surface area (Å²) in [6.07, 6.45) is 0. The first-order chi connectivity index (χ1) is 7.50. The molecule has 0 atom stereocenters. The van der Waals surface area contributed by atoms with E-state index in [-0.39, 0.29) is 5.63 Å². The zero-order chi connectivity index (χ0) is 12.1. The molecule has 0 aliphatic carbocycles. The van der Waals surface area contributed by atoms with Gasteiger partial charge >= 0.3 is 5.63 Å². The van der Waals surface area contributed by atoms with Crippen LogP contribution >= 0.6 is 0 Å². The van der Waals surface area contributed by atoms with Crippen molar-refractivity contribution in [3.63, 3.8) is 0 Å². The van der Waals surface area contributed by atoms with Crippen LogP contribution in [0.1, 0.15) is 12.5 Å². The van der Waals surface area contributed by atoms with Crippen LogP contribution in [0, 0.1) is 6.92 Å². The highest BCUT2D eigenvalue weighted by molar-refractivity contribution is 5.79. The number of fused-ring (bicyclic) bond motifs is 1. The molecule has 0 radical (unpaired) electrons. The maximum Gasteiger partial charge on any atom is 0.336 e. The Labute approximate surface area is 92.1 Å². The van der Waals surface area contributed by atoms with Crippen LogP contribution < -0.4 is 5.63 Å². The van der Waals surface area contributed by atoms with Gasteiger partial charge in [-0.05, 0) is 18.6 Å². The fraction of sp³-hybridized carbons (Fsp3) is 0.167. The van der Waals surface area contributed by atoms with Crippen LogP contribution in [0.15, 0.2) is 39.5 Å². The Morgan fingerprint density at radius 1 is 1.31 bits per heavy atom. The Morgan fingerprint density at radius 2 is 1.88 bits per heavy atom. The van der Waals surface area contributed by atoms with E-state index in [4.69, 9.17) is 14.3 Å². The molecule has 0 aliphatic rings. The monoisotopic (exact) mass is 220 g/mol. The quantitative estimate of drug-likeness (QED) is 0.691. The number of carbonyl (C=O) groups is 1. The van der Waals surface area contributed by atoms with Crippen LogP contribution in [-0.2, 0) is 4.79 Å². The third-order valence-electron chi connectivity index (χ3n) is 1.86. The molecule has 84 valence electrons. The van der Waals surface area contributed by atoms with E-state index in [0.717, 1.165) is 17.9 Å². The fourth-order valence-corrected chi connectivity index (χ4v) is 1.27. The Balaban J connectivity index is 0.000000280. The number of aryl methyl sites for hydroxylation is 1. The summed E-state index contributed by atoms with van der Waals surface area (Å²) in [7, 11) is 0. The first-order valence-corrected chi connectivity index (χ1v) is 4.69. The van der Waals surface area contributed by atoms with Gasteiger partial charge in [0.05, 0.1) is 0 Å². The molecule has 0 spiro atoms. The second kappa shape index (κ2) is 5.11. The maximum absolute atomic E-state index is 10.9. The zero-order valence-electron chi connectivity index (χ0n) is 9.06. The predicted octanol–water partition coefficient (Wildman–Crippen LogP) is 2.19. The van der Waals surface area contributed by atoms with E-state index in [1.54, 1.807) is 6.07 Å². The summed E-state index contributed by atoms with van der Waals surface area (Å²) in [5, 5.41) is 8.41. The third kappa shape index (κ3) is 3.24. The average Bonchev–Trinajstić information content (AvgIpc) is 2.16. The van der Waals surface area contributed by atoms with Gasteiger partial charge in [-0.2, -0.15) is 0 Å².